The molecule has 0 spiro atoms. The van der Waals surface area contributed by atoms with E-state index in [-0.39, 0.29) is 37.4 Å². The van der Waals surface area contributed by atoms with Gasteiger partial charge in [0.15, 0.2) is 0 Å². The summed E-state index contributed by atoms with van der Waals surface area (Å²) >= 11 is 0. The lowest BCUT2D eigenvalue weighted by Gasteiger charge is -2.09. The summed E-state index contributed by atoms with van der Waals surface area (Å²) in [6.07, 6.45) is -2.26. The minimum atomic E-state index is -4.47. The van der Waals surface area contributed by atoms with Crippen molar-refractivity contribution in [2.75, 3.05) is 13.2 Å². The first-order chi connectivity index (χ1) is 17.8. The second-order valence-electron chi connectivity index (χ2n) is 6.76. The summed E-state index contributed by atoms with van der Waals surface area (Å²) in [7, 11) is -8.93. The molecular formula is C18H18N4O14S2. The first-order valence-electron chi connectivity index (χ1n) is 10.0. The number of carbonyl (C=O) groups is 2. The Hall–Kier alpha value is -4.40. The molecule has 18 nitrogen and oxygen atoms in total. The zero-order valence-electron chi connectivity index (χ0n) is 18.9. The number of hydrogen-bond acceptors (Lipinski definition) is 14. The molecule has 2 amide bonds. The Bertz CT molecular complexity index is 1270. The van der Waals surface area contributed by atoms with Crippen LogP contribution < -0.4 is 11.0 Å². The van der Waals surface area contributed by atoms with Crippen LogP contribution in [-0.2, 0) is 38.3 Å². The van der Waals surface area contributed by atoms with E-state index in [0.717, 1.165) is 48.5 Å². The van der Waals surface area contributed by atoms with Crippen LogP contribution in [0.5, 0.6) is 0 Å². The third kappa shape index (κ3) is 9.24. The number of rotatable bonds is 13. The Morgan fingerprint density at radius 1 is 0.658 bits per heavy atom. The molecule has 0 aliphatic rings. The Morgan fingerprint density at radius 3 is 1.26 bits per heavy atom. The van der Waals surface area contributed by atoms with Gasteiger partial charge in [-0.3, -0.25) is 20.2 Å². The van der Waals surface area contributed by atoms with Crippen LogP contribution in [0.4, 0.5) is 21.0 Å². The van der Waals surface area contributed by atoms with Crippen molar-refractivity contribution in [3.05, 3.63) is 68.8 Å². The lowest BCUT2D eigenvalue weighted by Crippen LogP contribution is -2.29. The molecule has 38 heavy (non-hydrogen) atoms. The molecule has 0 fully saturated rings. The predicted molar refractivity (Wildman–Crippen MR) is 121 cm³/mol. The second kappa shape index (κ2) is 13.2. The lowest BCUT2D eigenvalue weighted by atomic mass is 10.3. The number of hydrogen-bond donors (Lipinski definition) is 2. The highest BCUT2D eigenvalue weighted by molar-refractivity contribution is 7.87. The van der Waals surface area contributed by atoms with Gasteiger partial charge in [0.2, 0.25) is 0 Å². The summed E-state index contributed by atoms with van der Waals surface area (Å²) in [5, 5.41) is 21.2. The zero-order chi connectivity index (χ0) is 28.3. The summed E-state index contributed by atoms with van der Waals surface area (Å²) < 4.78 is 65.7. The number of benzene rings is 2. The van der Waals surface area contributed by atoms with Crippen LogP contribution >= 0.6 is 0 Å². The summed E-state index contributed by atoms with van der Waals surface area (Å²) in [4.78, 5) is 41.9. The summed E-state index contributed by atoms with van der Waals surface area (Å²) in [6, 6.07) is 7.36. The average Bonchev–Trinajstić information content (AvgIpc) is 2.88. The molecule has 2 aromatic carbocycles. The third-order valence-corrected chi connectivity index (χ3v) is 6.45. The number of carbonyl (C=O) groups excluding carboxylic acids is 2. The lowest BCUT2D eigenvalue weighted by molar-refractivity contribution is -0.385. The maximum absolute atomic E-state index is 11.9. The molecule has 2 N–H and O–H groups in total. The van der Waals surface area contributed by atoms with E-state index >= 15 is 0 Å². The number of nitrogens with one attached hydrogen (secondary N) is 2. The Morgan fingerprint density at radius 2 is 0.974 bits per heavy atom. The number of non-ortho nitro benzene ring substituents is 2. The first kappa shape index (κ1) is 29.8. The van der Waals surface area contributed by atoms with Crippen molar-refractivity contribution >= 4 is 43.8 Å². The summed E-state index contributed by atoms with van der Waals surface area (Å²) in [5.41, 5.74) is 2.37. The van der Waals surface area contributed by atoms with Gasteiger partial charge in [-0.25, -0.2) is 9.59 Å². The molecule has 2 rings (SSSR count). The van der Waals surface area contributed by atoms with Crippen LogP contribution in [0, 0.1) is 20.2 Å². The van der Waals surface area contributed by atoms with Gasteiger partial charge in [0.05, 0.1) is 32.9 Å². The van der Waals surface area contributed by atoms with Crippen LogP contribution in [0.25, 0.3) is 0 Å². The number of hydroxylamine groups is 2. The highest BCUT2D eigenvalue weighted by Gasteiger charge is 2.20. The van der Waals surface area contributed by atoms with Crippen molar-refractivity contribution in [3.8, 4) is 0 Å². The van der Waals surface area contributed by atoms with Gasteiger partial charge in [0.1, 0.15) is 0 Å². The SMILES string of the molecule is O=C(NOS(=O)(=O)c1ccc([N+](=O)[O-])cc1)OCCCCOC(=O)NOS(=O)(=O)c1ccc([N+](=O)[O-])cc1. The van der Waals surface area contributed by atoms with E-state index in [1.54, 1.807) is 0 Å². The van der Waals surface area contributed by atoms with E-state index in [4.69, 9.17) is 0 Å². The zero-order valence-corrected chi connectivity index (χ0v) is 20.5. The fraction of sp³-hybridized carbons (Fsp3) is 0.222. The van der Waals surface area contributed by atoms with E-state index in [9.17, 15) is 46.7 Å². The fourth-order valence-electron chi connectivity index (χ4n) is 2.34. The van der Waals surface area contributed by atoms with Crippen LogP contribution in [0.1, 0.15) is 12.8 Å². The van der Waals surface area contributed by atoms with Crippen LogP contribution in [-0.4, -0.2) is 52.1 Å². The quantitative estimate of drug-likeness (QED) is 0.195. The van der Waals surface area contributed by atoms with Crippen molar-refractivity contribution in [2.24, 2.45) is 0 Å². The van der Waals surface area contributed by atoms with E-state index in [1.165, 1.54) is 11.0 Å². The molecule has 2 aromatic rings. The highest BCUT2D eigenvalue weighted by Crippen LogP contribution is 2.18. The Kier molecular flexibility index (Phi) is 10.4. The van der Waals surface area contributed by atoms with Crippen LogP contribution in [0.2, 0.25) is 0 Å². The number of nitro benzene ring substituents is 2. The molecule has 0 saturated heterocycles. The van der Waals surface area contributed by atoms with E-state index < -0.39 is 52.1 Å². The van der Waals surface area contributed by atoms with Crippen molar-refractivity contribution in [1.82, 2.24) is 11.0 Å². The smallest absolute Gasteiger partial charge is 0.432 e. The van der Waals surface area contributed by atoms with Crippen molar-refractivity contribution < 1.29 is 54.3 Å². The van der Waals surface area contributed by atoms with E-state index in [0.29, 0.717) is 0 Å². The molecule has 206 valence electrons. The molecule has 0 atom stereocenters. The fourth-order valence-corrected chi connectivity index (χ4v) is 3.82. The van der Waals surface area contributed by atoms with Crippen molar-refractivity contribution in [3.63, 3.8) is 0 Å². The summed E-state index contributed by atoms with van der Waals surface area (Å²) in [5.74, 6) is 0. The van der Waals surface area contributed by atoms with E-state index in [1.807, 2.05) is 0 Å². The van der Waals surface area contributed by atoms with Crippen LogP contribution in [0.15, 0.2) is 58.3 Å². The Balaban J connectivity index is 1.62. The molecule has 0 aromatic heterocycles. The number of amides is 2. The largest absolute Gasteiger partial charge is 0.448 e. The molecule has 0 radical (unpaired) electrons. The maximum Gasteiger partial charge on any atom is 0.432 e. The molecule has 0 aliphatic heterocycles. The number of ether oxygens (including phenoxy) is 2. The van der Waals surface area contributed by atoms with Gasteiger partial charge in [-0.15, -0.1) is 8.57 Å². The number of nitro groups is 2. The third-order valence-electron chi connectivity index (χ3n) is 4.15. The van der Waals surface area contributed by atoms with Gasteiger partial charge >= 0.3 is 32.4 Å². The molecule has 0 aliphatic carbocycles. The van der Waals surface area contributed by atoms with Gasteiger partial charge in [-0.2, -0.15) is 27.8 Å². The van der Waals surface area contributed by atoms with Crippen molar-refractivity contribution in [1.29, 1.82) is 0 Å². The molecular weight excluding hydrogens is 560 g/mol. The average molecular weight is 578 g/mol. The van der Waals surface area contributed by atoms with Gasteiger partial charge in [0, 0.05) is 24.3 Å². The van der Waals surface area contributed by atoms with Gasteiger partial charge in [0.25, 0.3) is 11.4 Å². The molecule has 0 saturated carbocycles. The summed E-state index contributed by atoms with van der Waals surface area (Å²) in [6.45, 7) is -0.494. The van der Waals surface area contributed by atoms with E-state index in [2.05, 4.69) is 18.0 Å². The van der Waals surface area contributed by atoms with Crippen LogP contribution in [0.3, 0.4) is 0 Å². The minimum Gasteiger partial charge on any atom is -0.448 e. The molecule has 20 heteroatoms. The standard InChI is InChI=1S/C18H18N4O14S2/c23-17(19-35-37(29,30)15-7-3-13(4-8-15)21(25)26)33-11-1-2-12-34-18(24)20-36-38(31,32)16-9-5-14(6-10-16)22(27)28/h3-10H,1-2,11-12H2,(H,19,23)(H,20,24). The minimum absolute atomic E-state index is 0.137. The Labute approximate surface area is 213 Å². The second-order valence-corrected chi connectivity index (χ2v) is 9.85. The normalized spacial score (nSPS) is 11.3. The highest BCUT2D eigenvalue weighted by atomic mass is 32.2. The van der Waals surface area contributed by atoms with Gasteiger partial charge in [-0.05, 0) is 37.1 Å². The maximum atomic E-state index is 11.9. The topological polar surface area (TPSA) is 250 Å². The number of unbranched alkanes of at least 4 members (excludes halogenated alkanes) is 1. The first-order valence-corrected chi connectivity index (χ1v) is 12.8. The number of nitrogens with zero attached hydrogens (tertiary/aromatic N) is 2. The van der Waals surface area contributed by atoms with Gasteiger partial charge < -0.3 is 9.47 Å². The predicted octanol–water partition coefficient (Wildman–Crippen LogP) is 1.68. The van der Waals surface area contributed by atoms with Crippen molar-refractivity contribution in [2.45, 2.75) is 22.6 Å². The monoisotopic (exact) mass is 578 g/mol. The van der Waals surface area contributed by atoms with Gasteiger partial charge in [-0.1, -0.05) is 0 Å². The molecule has 0 bridgehead atoms. The molecule has 0 heterocycles. The molecule has 0 unspecified atom stereocenters.